The highest BCUT2D eigenvalue weighted by molar-refractivity contribution is 4.98. The molecule has 0 aliphatic carbocycles. The maximum atomic E-state index is 6.21. The highest BCUT2D eigenvalue weighted by Gasteiger charge is 2.41. The van der Waals surface area contributed by atoms with E-state index in [0.29, 0.717) is 6.10 Å². The molecule has 0 amide bonds. The molecular formula is C16H33N3O. The van der Waals surface area contributed by atoms with E-state index in [1.54, 1.807) is 0 Å². The number of hydrogen-bond acceptors (Lipinski definition) is 4. The summed E-state index contributed by atoms with van der Waals surface area (Å²) in [6.45, 7) is 12.2. The summed E-state index contributed by atoms with van der Waals surface area (Å²) in [5.41, 5.74) is 6.41. The maximum absolute atomic E-state index is 6.21. The lowest BCUT2D eigenvalue weighted by atomic mass is 9.83. The van der Waals surface area contributed by atoms with Crippen LogP contribution in [0.25, 0.3) is 0 Å². The number of piperazine rings is 1. The van der Waals surface area contributed by atoms with Crippen molar-refractivity contribution in [2.24, 2.45) is 5.73 Å². The van der Waals surface area contributed by atoms with E-state index in [0.717, 1.165) is 26.0 Å². The normalized spacial score (nSPS) is 33.5. The van der Waals surface area contributed by atoms with Gasteiger partial charge in [-0.25, -0.2) is 0 Å². The number of nitrogens with two attached hydrogens (primary N) is 1. The Bertz CT molecular complexity index is 277. The molecule has 118 valence electrons. The summed E-state index contributed by atoms with van der Waals surface area (Å²) in [5.74, 6) is 0. The second kappa shape index (κ2) is 7.74. The van der Waals surface area contributed by atoms with Crippen LogP contribution in [0.2, 0.25) is 0 Å². The highest BCUT2D eigenvalue weighted by atomic mass is 16.5. The molecule has 2 aliphatic rings. The van der Waals surface area contributed by atoms with E-state index in [-0.39, 0.29) is 5.54 Å². The fourth-order valence-electron chi connectivity index (χ4n) is 3.87. The van der Waals surface area contributed by atoms with Crippen LogP contribution >= 0.6 is 0 Å². The third-order valence-corrected chi connectivity index (χ3v) is 5.10. The van der Waals surface area contributed by atoms with Gasteiger partial charge in [-0.1, -0.05) is 20.3 Å². The molecular weight excluding hydrogens is 250 g/mol. The molecule has 4 nitrogen and oxygen atoms in total. The van der Waals surface area contributed by atoms with Crippen LogP contribution in [0.4, 0.5) is 0 Å². The van der Waals surface area contributed by atoms with E-state index >= 15 is 0 Å². The van der Waals surface area contributed by atoms with Gasteiger partial charge in [0.25, 0.3) is 0 Å². The first-order valence-electron chi connectivity index (χ1n) is 8.53. The Morgan fingerprint density at radius 2 is 1.90 bits per heavy atom. The van der Waals surface area contributed by atoms with Gasteiger partial charge in [0.15, 0.2) is 0 Å². The Balaban J connectivity index is 1.93. The summed E-state index contributed by atoms with van der Waals surface area (Å²) in [6.07, 6.45) is 6.30. The van der Waals surface area contributed by atoms with Crippen molar-refractivity contribution < 1.29 is 4.74 Å². The fourth-order valence-corrected chi connectivity index (χ4v) is 3.87. The van der Waals surface area contributed by atoms with Gasteiger partial charge >= 0.3 is 0 Å². The van der Waals surface area contributed by atoms with Gasteiger partial charge in [0.2, 0.25) is 0 Å². The minimum absolute atomic E-state index is 0.205. The molecule has 2 heterocycles. The zero-order chi connectivity index (χ0) is 14.4. The van der Waals surface area contributed by atoms with Crippen LogP contribution in [0.1, 0.15) is 46.0 Å². The number of ether oxygens (including phenoxy) is 1. The molecule has 2 atom stereocenters. The zero-order valence-corrected chi connectivity index (χ0v) is 13.4. The Hall–Kier alpha value is -0.160. The Kier molecular flexibility index (Phi) is 6.27. The molecule has 0 aromatic heterocycles. The molecule has 2 N–H and O–H groups in total. The van der Waals surface area contributed by atoms with Crippen LogP contribution in [-0.4, -0.2) is 67.3 Å². The minimum atomic E-state index is 0.205. The van der Waals surface area contributed by atoms with Gasteiger partial charge in [0.1, 0.15) is 0 Å². The topological polar surface area (TPSA) is 41.7 Å². The largest absolute Gasteiger partial charge is 0.378 e. The minimum Gasteiger partial charge on any atom is -0.378 e. The molecule has 0 aromatic carbocycles. The first-order valence-corrected chi connectivity index (χ1v) is 8.53. The van der Waals surface area contributed by atoms with Crippen molar-refractivity contribution in [1.82, 2.24) is 9.80 Å². The van der Waals surface area contributed by atoms with Gasteiger partial charge in [0, 0.05) is 44.9 Å². The molecule has 20 heavy (non-hydrogen) atoms. The van der Waals surface area contributed by atoms with E-state index in [1.807, 2.05) is 0 Å². The van der Waals surface area contributed by atoms with Gasteiger partial charge in [-0.15, -0.1) is 0 Å². The fraction of sp³-hybridized carbons (Fsp3) is 1.00. The average Bonchev–Trinajstić information content (AvgIpc) is 2.49. The lowest BCUT2D eigenvalue weighted by Gasteiger charge is -2.51. The number of rotatable bonds is 6. The maximum Gasteiger partial charge on any atom is 0.0593 e. The standard InChI is InChI=1S/C16H33N3O/c1-3-5-15-13-16(14-17,6-12-20-15)19-10-8-18(7-4-2)9-11-19/h15H,3-14,17H2,1-2H3. The summed E-state index contributed by atoms with van der Waals surface area (Å²) in [6, 6.07) is 0. The SMILES string of the molecule is CCCC1CC(CN)(N2CCN(CCC)CC2)CCO1. The lowest BCUT2D eigenvalue weighted by Crippen LogP contribution is -2.63. The molecule has 2 saturated heterocycles. The van der Waals surface area contributed by atoms with Crippen molar-refractivity contribution in [2.45, 2.75) is 57.6 Å². The van der Waals surface area contributed by atoms with E-state index in [2.05, 4.69) is 23.6 Å². The predicted octanol–water partition coefficient (Wildman–Crippen LogP) is 1.69. The number of hydrogen-bond donors (Lipinski definition) is 1. The van der Waals surface area contributed by atoms with Crippen LogP contribution in [0.3, 0.4) is 0 Å². The second-order valence-corrected chi connectivity index (χ2v) is 6.49. The van der Waals surface area contributed by atoms with E-state index in [9.17, 15) is 0 Å². The second-order valence-electron chi connectivity index (χ2n) is 6.49. The van der Waals surface area contributed by atoms with Crippen molar-refractivity contribution in [3.8, 4) is 0 Å². The summed E-state index contributed by atoms with van der Waals surface area (Å²) >= 11 is 0. The molecule has 0 saturated carbocycles. The van der Waals surface area contributed by atoms with Gasteiger partial charge < -0.3 is 15.4 Å². The quantitative estimate of drug-likeness (QED) is 0.805. The Morgan fingerprint density at radius 3 is 2.50 bits per heavy atom. The zero-order valence-electron chi connectivity index (χ0n) is 13.4. The van der Waals surface area contributed by atoms with Gasteiger partial charge in [-0.3, -0.25) is 4.90 Å². The van der Waals surface area contributed by atoms with E-state index in [1.165, 1.54) is 52.0 Å². The first-order chi connectivity index (χ1) is 9.74. The summed E-state index contributed by atoms with van der Waals surface area (Å²) < 4.78 is 5.93. The molecule has 2 fully saturated rings. The predicted molar refractivity (Wildman–Crippen MR) is 84.0 cm³/mol. The van der Waals surface area contributed by atoms with Crippen LogP contribution in [0, 0.1) is 0 Å². The van der Waals surface area contributed by atoms with Crippen molar-refractivity contribution in [2.75, 3.05) is 45.9 Å². The molecule has 0 spiro atoms. The Labute approximate surface area is 124 Å². The van der Waals surface area contributed by atoms with Crippen molar-refractivity contribution in [1.29, 1.82) is 0 Å². The van der Waals surface area contributed by atoms with E-state index < -0.39 is 0 Å². The van der Waals surface area contributed by atoms with Crippen molar-refractivity contribution >= 4 is 0 Å². The Morgan fingerprint density at radius 1 is 1.15 bits per heavy atom. The number of nitrogens with zero attached hydrogens (tertiary/aromatic N) is 2. The monoisotopic (exact) mass is 283 g/mol. The molecule has 2 unspecified atom stereocenters. The van der Waals surface area contributed by atoms with Crippen LogP contribution in [-0.2, 0) is 4.74 Å². The molecule has 4 heteroatoms. The van der Waals surface area contributed by atoms with E-state index in [4.69, 9.17) is 10.5 Å². The van der Waals surface area contributed by atoms with Crippen LogP contribution in [0.5, 0.6) is 0 Å². The van der Waals surface area contributed by atoms with Crippen molar-refractivity contribution in [3.05, 3.63) is 0 Å². The summed E-state index contributed by atoms with van der Waals surface area (Å²) in [7, 11) is 0. The molecule has 2 aliphatic heterocycles. The van der Waals surface area contributed by atoms with Crippen molar-refractivity contribution in [3.63, 3.8) is 0 Å². The molecule has 2 rings (SSSR count). The third kappa shape index (κ3) is 3.73. The molecule has 0 aromatic rings. The highest BCUT2D eigenvalue weighted by Crippen LogP contribution is 2.32. The van der Waals surface area contributed by atoms with Gasteiger partial charge in [-0.2, -0.15) is 0 Å². The molecule has 0 bridgehead atoms. The summed E-state index contributed by atoms with van der Waals surface area (Å²) in [5, 5.41) is 0. The first kappa shape index (κ1) is 16.2. The lowest BCUT2D eigenvalue weighted by molar-refractivity contribution is -0.0840. The van der Waals surface area contributed by atoms with Crippen LogP contribution in [0.15, 0.2) is 0 Å². The van der Waals surface area contributed by atoms with Crippen LogP contribution < -0.4 is 5.73 Å². The van der Waals surface area contributed by atoms with Gasteiger partial charge in [0.05, 0.1) is 6.10 Å². The molecule has 0 radical (unpaired) electrons. The smallest absolute Gasteiger partial charge is 0.0593 e. The van der Waals surface area contributed by atoms with Gasteiger partial charge in [-0.05, 0) is 32.2 Å². The average molecular weight is 283 g/mol. The third-order valence-electron chi connectivity index (χ3n) is 5.10. The summed E-state index contributed by atoms with van der Waals surface area (Å²) in [4.78, 5) is 5.26.